The van der Waals surface area contributed by atoms with Gasteiger partial charge in [0.2, 0.25) is 0 Å². The molecule has 9 rings (SSSR count). The Morgan fingerprint density at radius 2 is 1.24 bits per heavy atom. The summed E-state index contributed by atoms with van der Waals surface area (Å²) in [5.74, 6) is 2.81. The van der Waals surface area contributed by atoms with Crippen molar-refractivity contribution in [2.75, 3.05) is 0 Å². The summed E-state index contributed by atoms with van der Waals surface area (Å²) in [6, 6.07) is 32.0. The van der Waals surface area contributed by atoms with Gasteiger partial charge in [-0.15, -0.1) is 0 Å². The van der Waals surface area contributed by atoms with Crippen LogP contribution in [0.1, 0.15) is 54.4 Å². The average molecular weight is 542 g/mol. The van der Waals surface area contributed by atoms with Crippen LogP contribution < -0.4 is 0 Å². The molecule has 42 heavy (non-hydrogen) atoms. The molecule has 0 N–H and O–H groups in total. The van der Waals surface area contributed by atoms with Crippen molar-refractivity contribution in [2.45, 2.75) is 37.5 Å². The van der Waals surface area contributed by atoms with Crippen LogP contribution in [0.4, 0.5) is 0 Å². The van der Waals surface area contributed by atoms with E-state index in [0.29, 0.717) is 40.7 Å². The molecule has 3 aliphatic rings. The Balaban J connectivity index is 1.20. The standard InChI is InChI=1S/C37H27N5/c1-37(2)29-10-4-3-9-23(29)25-16-15-24-22-14-13-21(19-26(22)27-20-28(27)32(24)33(25)37)34-40-35(30-11-5-7-17-38-30)42-36(41-34)31-12-6-8-18-39-31/h3-19,27-28H,20H2,1-2H3. The number of nitrogens with zero attached hydrogens (tertiary/aromatic N) is 5. The van der Waals surface area contributed by atoms with Crippen molar-refractivity contribution in [3.8, 4) is 56.7 Å². The molecular formula is C37H27N5. The number of pyridine rings is 2. The third-order valence-electron chi connectivity index (χ3n) is 9.35. The average Bonchev–Trinajstić information content (AvgIpc) is 3.82. The molecule has 2 unspecified atom stereocenters. The summed E-state index contributed by atoms with van der Waals surface area (Å²) in [6.45, 7) is 4.79. The topological polar surface area (TPSA) is 64.5 Å². The maximum absolute atomic E-state index is 4.91. The highest BCUT2D eigenvalue weighted by Crippen LogP contribution is 2.66. The van der Waals surface area contributed by atoms with Crippen LogP contribution in [0.3, 0.4) is 0 Å². The van der Waals surface area contributed by atoms with Gasteiger partial charge < -0.3 is 0 Å². The van der Waals surface area contributed by atoms with E-state index in [2.05, 4.69) is 78.4 Å². The Labute approximate surface area is 244 Å². The molecule has 0 bridgehead atoms. The first-order valence-electron chi connectivity index (χ1n) is 14.6. The molecule has 0 spiro atoms. The predicted octanol–water partition coefficient (Wildman–Crippen LogP) is 8.22. The zero-order valence-corrected chi connectivity index (χ0v) is 23.4. The van der Waals surface area contributed by atoms with Crippen LogP contribution in [0.5, 0.6) is 0 Å². The molecule has 0 aliphatic heterocycles. The number of hydrogen-bond acceptors (Lipinski definition) is 5. The maximum atomic E-state index is 4.91. The van der Waals surface area contributed by atoms with Crippen molar-refractivity contribution in [3.63, 3.8) is 0 Å². The van der Waals surface area contributed by atoms with Crippen LogP contribution in [0, 0.1) is 0 Å². The number of aromatic nitrogens is 5. The highest BCUT2D eigenvalue weighted by molar-refractivity contribution is 5.90. The number of rotatable bonds is 3. The first kappa shape index (κ1) is 23.7. The molecule has 2 atom stereocenters. The van der Waals surface area contributed by atoms with E-state index in [-0.39, 0.29) is 5.41 Å². The van der Waals surface area contributed by atoms with E-state index in [1.54, 1.807) is 18.0 Å². The van der Waals surface area contributed by atoms with Crippen LogP contribution >= 0.6 is 0 Å². The molecule has 3 heterocycles. The normalized spacial score (nSPS) is 18.3. The minimum absolute atomic E-state index is 0.00349. The number of hydrogen-bond donors (Lipinski definition) is 0. The predicted molar refractivity (Wildman–Crippen MR) is 165 cm³/mol. The fourth-order valence-electron chi connectivity index (χ4n) is 7.37. The highest BCUT2D eigenvalue weighted by Gasteiger charge is 2.50. The molecule has 200 valence electrons. The van der Waals surface area contributed by atoms with Crippen LogP contribution in [0.25, 0.3) is 56.7 Å². The van der Waals surface area contributed by atoms with Crippen LogP contribution in [0.15, 0.2) is 103 Å². The lowest BCUT2D eigenvalue weighted by Gasteiger charge is -2.29. The van der Waals surface area contributed by atoms with E-state index in [1.807, 2.05) is 36.4 Å². The largest absolute Gasteiger partial charge is 0.253 e. The van der Waals surface area contributed by atoms with Crippen molar-refractivity contribution < 1.29 is 0 Å². The summed E-state index contributed by atoms with van der Waals surface area (Å²) in [5.41, 5.74) is 13.9. The zero-order chi connectivity index (χ0) is 28.0. The van der Waals surface area contributed by atoms with Gasteiger partial charge in [0.25, 0.3) is 0 Å². The second-order valence-electron chi connectivity index (χ2n) is 12.1. The van der Waals surface area contributed by atoms with Crippen molar-refractivity contribution >= 4 is 0 Å². The molecular weight excluding hydrogens is 514 g/mol. The molecule has 5 nitrogen and oxygen atoms in total. The van der Waals surface area contributed by atoms with Gasteiger partial charge in [-0.1, -0.05) is 74.5 Å². The lowest BCUT2D eigenvalue weighted by molar-refractivity contribution is 0.650. The smallest absolute Gasteiger partial charge is 0.182 e. The summed E-state index contributed by atoms with van der Waals surface area (Å²) in [5, 5.41) is 0. The van der Waals surface area contributed by atoms with E-state index in [9.17, 15) is 0 Å². The second kappa shape index (κ2) is 8.49. The summed E-state index contributed by atoms with van der Waals surface area (Å²) < 4.78 is 0. The summed E-state index contributed by atoms with van der Waals surface area (Å²) >= 11 is 0. The Hall–Kier alpha value is -5.03. The van der Waals surface area contributed by atoms with Gasteiger partial charge in [-0.2, -0.15) is 0 Å². The molecule has 0 amide bonds. The maximum Gasteiger partial charge on any atom is 0.182 e. The monoisotopic (exact) mass is 541 g/mol. The van der Waals surface area contributed by atoms with Crippen molar-refractivity contribution in [2.24, 2.45) is 0 Å². The molecule has 1 saturated carbocycles. The van der Waals surface area contributed by atoms with Crippen LogP contribution in [-0.4, -0.2) is 24.9 Å². The number of fused-ring (bicyclic) bond motifs is 10. The molecule has 1 fully saturated rings. The quantitative estimate of drug-likeness (QED) is 0.226. The molecule has 3 aliphatic carbocycles. The lowest BCUT2D eigenvalue weighted by Crippen LogP contribution is -2.18. The minimum atomic E-state index is -0.00349. The van der Waals surface area contributed by atoms with Gasteiger partial charge in [0.15, 0.2) is 17.5 Å². The van der Waals surface area contributed by atoms with E-state index in [0.717, 1.165) is 5.56 Å². The van der Waals surface area contributed by atoms with Gasteiger partial charge in [-0.3, -0.25) is 9.97 Å². The highest BCUT2D eigenvalue weighted by atomic mass is 15.1. The Morgan fingerprint density at radius 3 is 1.95 bits per heavy atom. The van der Waals surface area contributed by atoms with Gasteiger partial charge in [0.1, 0.15) is 11.4 Å². The Kier molecular flexibility index (Phi) is 4.78. The molecule has 3 aromatic heterocycles. The van der Waals surface area contributed by atoms with E-state index in [4.69, 9.17) is 15.0 Å². The van der Waals surface area contributed by atoms with Gasteiger partial charge in [0, 0.05) is 23.4 Å². The Morgan fingerprint density at radius 1 is 0.595 bits per heavy atom. The van der Waals surface area contributed by atoms with Gasteiger partial charge in [-0.25, -0.2) is 15.0 Å². The van der Waals surface area contributed by atoms with Crippen LogP contribution in [-0.2, 0) is 5.41 Å². The molecule has 0 saturated heterocycles. The van der Waals surface area contributed by atoms with Gasteiger partial charge in [-0.05, 0) is 93.1 Å². The molecule has 0 radical (unpaired) electrons. The first-order chi connectivity index (χ1) is 20.6. The van der Waals surface area contributed by atoms with Gasteiger partial charge >= 0.3 is 0 Å². The van der Waals surface area contributed by atoms with Crippen molar-refractivity contribution in [3.05, 3.63) is 126 Å². The minimum Gasteiger partial charge on any atom is -0.253 e. The summed E-state index contributed by atoms with van der Waals surface area (Å²) in [6.07, 6.45) is 4.71. The summed E-state index contributed by atoms with van der Waals surface area (Å²) in [7, 11) is 0. The van der Waals surface area contributed by atoms with Crippen LogP contribution in [0.2, 0.25) is 0 Å². The fraction of sp³-hybridized carbons (Fsp3) is 0.162. The van der Waals surface area contributed by atoms with E-state index >= 15 is 0 Å². The van der Waals surface area contributed by atoms with Gasteiger partial charge in [0.05, 0.1) is 0 Å². The second-order valence-corrected chi connectivity index (χ2v) is 12.1. The van der Waals surface area contributed by atoms with E-state index in [1.165, 1.54) is 45.4 Å². The lowest BCUT2D eigenvalue weighted by atomic mass is 9.74. The third-order valence-corrected chi connectivity index (χ3v) is 9.35. The Bertz CT molecular complexity index is 1990. The fourth-order valence-corrected chi connectivity index (χ4v) is 7.37. The zero-order valence-electron chi connectivity index (χ0n) is 23.4. The summed E-state index contributed by atoms with van der Waals surface area (Å²) in [4.78, 5) is 23.6. The first-order valence-corrected chi connectivity index (χ1v) is 14.6. The number of benzene rings is 3. The SMILES string of the molecule is CC1(C)c2ccccc2-c2ccc3c(c21)C1CC1c1cc(-c2nc(-c4ccccn4)nc(-c4ccccn4)n2)ccc1-3. The van der Waals surface area contributed by atoms with E-state index < -0.39 is 0 Å². The molecule has 5 heteroatoms. The molecule has 3 aromatic carbocycles. The van der Waals surface area contributed by atoms with Crippen molar-refractivity contribution in [1.82, 2.24) is 24.9 Å². The molecule has 6 aromatic rings. The third kappa shape index (κ3) is 3.34. The van der Waals surface area contributed by atoms with Crippen molar-refractivity contribution in [1.29, 1.82) is 0 Å².